The van der Waals surface area contributed by atoms with Gasteiger partial charge in [0.1, 0.15) is 5.75 Å². The van der Waals surface area contributed by atoms with Gasteiger partial charge in [0.05, 0.1) is 29.7 Å². The second-order valence-electron chi connectivity index (χ2n) is 4.64. The van der Waals surface area contributed by atoms with Gasteiger partial charge in [-0.25, -0.2) is 5.43 Å². The first-order chi connectivity index (χ1) is 12.0. The zero-order valence-electron chi connectivity index (χ0n) is 13.1. The topological polar surface area (TPSA) is 123 Å². The minimum absolute atomic E-state index is 0.0143. The van der Waals surface area contributed by atoms with E-state index < -0.39 is 16.7 Å². The molecule has 1 aromatic carbocycles. The molecule has 0 aliphatic carbocycles. The number of rotatable bonds is 7. The SMILES string of the molecule is COc1ccc(C(=O)NCC(=O)NN=Cc2ccc([N+](=O)[O-])s2)cc1. The van der Waals surface area contributed by atoms with Crippen molar-refractivity contribution in [3.8, 4) is 5.75 Å². The Bertz CT molecular complexity index is 801. The van der Waals surface area contributed by atoms with Gasteiger partial charge in [-0.2, -0.15) is 5.10 Å². The fourth-order valence-electron chi connectivity index (χ4n) is 1.72. The first-order valence-electron chi connectivity index (χ1n) is 6.98. The van der Waals surface area contributed by atoms with E-state index in [1.807, 2.05) is 0 Å². The maximum atomic E-state index is 11.9. The number of methoxy groups -OCH3 is 1. The lowest BCUT2D eigenvalue weighted by Crippen LogP contribution is -2.34. The molecule has 0 aliphatic heterocycles. The highest BCUT2D eigenvalue weighted by molar-refractivity contribution is 7.16. The van der Waals surface area contributed by atoms with E-state index >= 15 is 0 Å². The number of carbonyl (C=O) groups is 2. The number of ether oxygens (including phenoxy) is 1. The summed E-state index contributed by atoms with van der Waals surface area (Å²) < 4.78 is 4.99. The number of hydrogen-bond donors (Lipinski definition) is 2. The van der Waals surface area contributed by atoms with Crippen molar-refractivity contribution in [2.75, 3.05) is 13.7 Å². The van der Waals surface area contributed by atoms with Crippen molar-refractivity contribution < 1.29 is 19.2 Å². The zero-order valence-corrected chi connectivity index (χ0v) is 13.9. The Morgan fingerprint density at radius 2 is 2.00 bits per heavy atom. The summed E-state index contributed by atoms with van der Waals surface area (Å²) in [6.07, 6.45) is 1.29. The lowest BCUT2D eigenvalue weighted by atomic mass is 10.2. The van der Waals surface area contributed by atoms with E-state index in [9.17, 15) is 19.7 Å². The molecule has 0 saturated carbocycles. The van der Waals surface area contributed by atoms with Crippen LogP contribution >= 0.6 is 11.3 Å². The van der Waals surface area contributed by atoms with E-state index in [0.717, 1.165) is 11.3 Å². The van der Waals surface area contributed by atoms with Crippen molar-refractivity contribution in [1.29, 1.82) is 0 Å². The van der Waals surface area contributed by atoms with Crippen LogP contribution in [0.5, 0.6) is 5.75 Å². The molecule has 2 rings (SSSR count). The molecule has 9 nitrogen and oxygen atoms in total. The summed E-state index contributed by atoms with van der Waals surface area (Å²) in [5.41, 5.74) is 2.62. The van der Waals surface area contributed by atoms with Gasteiger partial charge in [0, 0.05) is 11.6 Å². The third-order valence-corrected chi connectivity index (χ3v) is 3.91. The van der Waals surface area contributed by atoms with E-state index in [1.54, 1.807) is 24.3 Å². The van der Waals surface area contributed by atoms with Gasteiger partial charge in [-0.15, -0.1) is 0 Å². The minimum atomic E-state index is -0.524. The summed E-state index contributed by atoms with van der Waals surface area (Å²) in [4.78, 5) is 34.1. The van der Waals surface area contributed by atoms with Gasteiger partial charge >= 0.3 is 5.00 Å². The number of carbonyl (C=O) groups excluding carboxylic acids is 2. The summed E-state index contributed by atoms with van der Waals surface area (Å²) in [6.45, 7) is -0.257. The van der Waals surface area contributed by atoms with E-state index in [4.69, 9.17) is 4.74 Å². The van der Waals surface area contributed by atoms with Crippen LogP contribution in [-0.4, -0.2) is 36.6 Å². The highest BCUT2D eigenvalue weighted by Gasteiger charge is 2.09. The Morgan fingerprint density at radius 1 is 1.28 bits per heavy atom. The number of thiophene rings is 1. The molecule has 2 aromatic rings. The van der Waals surface area contributed by atoms with Crippen molar-refractivity contribution in [2.24, 2.45) is 5.10 Å². The predicted molar refractivity (Wildman–Crippen MR) is 92.0 cm³/mol. The van der Waals surface area contributed by atoms with Gasteiger partial charge in [0.2, 0.25) is 0 Å². The third-order valence-electron chi connectivity index (χ3n) is 2.94. The lowest BCUT2D eigenvalue weighted by Gasteiger charge is -2.05. The Hall–Kier alpha value is -3.27. The van der Waals surface area contributed by atoms with Crippen LogP contribution in [-0.2, 0) is 4.79 Å². The number of nitro groups is 1. The molecule has 0 unspecified atom stereocenters. The first-order valence-corrected chi connectivity index (χ1v) is 7.79. The smallest absolute Gasteiger partial charge is 0.324 e. The van der Waals surface area contributed by atoms with Crippen LogP contribution in [0.1, 0.15) is 15.2 Å². The lowest BCUT2D eigenvalue weighted by molar-refractivity contribution is -0.380. The summed E-state index contributed by atoms with van der Waals surface area (Å²) >= 11 is 0.931. The van der Waals surface area contributed by atoms with E-state index in [0.29, 0.717) is 16.2 Å². The fourth-order valence-corrected chi connectivity index (χ4v) is 2.42. The Kier molecular flexibility index (Phi) is 6.18. The molecule has 0 saturated heterocycles. The summed E-state index contributed by atoms with van der Waals surface area (Å²) in [6, 6.07) is 9.30. The fraction of sp³-hybridized carbons (Fsp3) is 0.133. The van der Waals surface area contributed by atoms with Crippen LogP contribution < -0.4 is 15.5 Å². The molecule has 2 amide bonds. The Balaban J connectivity index is 1.78. The molecule has 25 heavy (non-hydrogen) atoms. The maximum Gasteiger partial charge on any atom is 0.324 e. The van der Waals surface area contributed by atoms with Gasteiger partial charge < -0.3 is 10.1 Å². The molecule has 1 heterocycles. The van der Waals surface area contributed by atoms with Crippen LogP contribution in [0.2, 0.25) is 0 Å². The predicted octanol–water partition coefficient (Wildman–Crippen LogP) is 1.54. The van der Waals surface area contributed by atoms with Crippen molar-refractivity contribution in [1.82, 2.24) is 10.7 Å². The largest absolute Gasteiger partial charge is 0.497 e. The second kappa shape index (κ2) is 8.55. The summed E-state index contributed by atoms with van der Waals surface area (Å²) in [5.74, 6) is -0.308. The van der Waals surface area contributed by atoms with Crippen LogP contribution in [0, 0.1) is 10.1 Å². The number of benzene rings is 1. The zero-order chi connectivity index (χ0) is 18.2. The maximum absolute atomic E-state index is 11.9. The van der Waals surface area contributed by atoms with E-state index in [-0.39, 0.29) is 11.5 Å². The van der Waals surface area contributed by atoms with Gasteiger partial charge in [0.25, 0.3) is 11.8 Å². The molecule has 1 aromatic heterocycles. The van der Waals surface area contributed by atoms with E-state index in [1.165, 1.54) is 25.5 Å². The molecule has 2 N–H and O–H groups in total. The highest BCUT2D eigenvalue weighted by Crippen LogP contribution is 2.22. The van der Waals surface area contributed by atoms with Crippen molar-refractivity contribution >= 4 is 34.4 Å². The quantitative estimate of drug-likeness (QED) is 0.439. The number of nitrogens with one attached hydrogen (secondary N) is 2. The van der Waals surface area contributed by atoms with Gasteiger partial charge in [-0.1, -0.05) is 11.3 Å². The monoisotopic (exact) mass is 362 g/mol. The molecular weight excluding hydrogens is 348 g/mol. The van der Waals surface area contributed by atoms with Crippen LogP contribution in [0.4, 0.5) is 5.00 Å². The molecule has 0 atom stereocenters. The molecule has 0 radical (unpaired) electrons. The van der Waals surface area contributed by atoms with Crippen LogP contribution in [0.25, 0.3) is 0 Å². The first kappa shape index (κ1) is 18.1. The molecule has 0 spiro atoms. The number of amides is 2. The molecule has 10 heteroatoms. The van der Waals surface area contributed by atoms with Crippen LogP contribution in [0.3, 0.4) is 0 Å². The molecule has 0 aliphatic rings. The van der Waals surface area contributed by atoms with Crippen LogP contribution in [0.15, 0.2) is 41.5 Å². The summed E-state index contributed by atoms with van der Waals surface area (Å²) in [5, 5.41) is 16.7. The molecule has 0 fully saturated rings. The number of hydrogen-bond acceptors (Lipinski definition) is 7. The molecule has 130 valence electrons. The second-order valence-corrected chi connectivity index (χ2v) is 5.73. The average molecular weight is 362 g/mol. The van der Waals surface area contributed by atoms with Gasteiger partial charge in [0.15, 0.2) is 0 Å². The normalized spacial score (nSPS) is 10.4. The van der Waals surface area contributed by atoms with Crippen molar-refractivity contribution in [3.05, 3.63) is 57.0 Å². The van der Waals surface area contributed by atoms with Crippen molar-refractivity contribution in [2.45, 2.75) is 0 Å². The standard InChI is InChI=1S/C15H14N4O5S/c1-24-11-4-2-10(3-5-11)15(21)16-9-13(20)18-17-8-12-6-7-14(25-12)19(22)23/h2-8H,9H2,1H3,(H,16,21)(H,18,20). The molecule has 0 bridgehead atoms. The van der Waals surface area contributed by atoms with Gasteiger partial charge in [-0.05, 0) is 30.3 Å². The Morgan fingerprint density at radius 3 is 2.60 bits per heavy atom. The Labute approximate surface area is 146 Å². The minimum Gasteiger partial charge on any atom is -0.497 e. The highest BCUT2D eigenvalue weighted by atomic mass is 32.1. The van der Waals surface area contributed by atoms with Crippen molar-refractivity contribution in [3.63, 3.8) is 0 Å². The van der Waals surface area contributed by atoms with Gasteiger partial charge in [-0.3, -0.25) is 19.7 Å². The number of hydrazone groups is 1. The number of nitrogens with zero attached hydrogens (tertiary/aromatic N) is 2. The van der Waals surface area contributed by atoms with E-state index in [2.05, 4.69) is 15.8 Å². The summed E-state index contributed by atoms with van der Waals surface area (Å²) in [7, 11) is 1.52. The third kappa shape index (κ3) is 5.39. The molecular formula is C15H14N4O5S. The average Bonchev–Trinajstić information content (AvgIpc) is 3.09.